The molecule has 2 aliphatic carbocycles. The van der Waals surface area contributed by atoms with Crippen LogP contribution in [0, 0.1) is 5.92 Å². The van der Waals surface area contributed by atoms with Crippen LogP contribution < -0.4 is 14.5 Å². The number of anilines is 5. The number of ether oxygens (including phenoxy) is 1. The first kappa shape index (κ1) is 36.7. The first-order valence-electron chi connectivity index (χ1n) is 21.7. The fourth-order valence-corrected chi connectivity index (χ4v) is 9.73. The van der Waals surface area contributed by atoms with Crippen LogP contribution in [-0.2, 0) is 0 Å². The summed E-state index contributed by atoms with van der Waals surface area (Å²) in [6.45, 7) is 0. The van der Waals surface area contributed by atoms with Crippen LogP contribution in [0.25, 0.3) is 54.9 Å². The summed E-state index contributed by atoms with van der Waals surface area (Å²) in [6, 6.07) is 72.2. The van der Waals surface area contributed by atoms with Gasteiger partial charge in [0.05, 0.1) is 11.7 Å². The Morgan fingerprint density at radius 2 is 1.05 bits per heavy atom. The van der Waals surface area contributed by atoms with Gasteiger partial charge in [-0.25, -0.2) is 0 Å². The molecule has 0 radical (unpaired) electrons. The molecule has 63 heavy (non-hydrogen) atoms. The zero-order valence-electron chi connectivity index (χ0n) is 34.6. The number of benzene rings is 9. The Bertz CT molecular complexity index is 3310. The second kappa shape index (κ2) is 15.4. The summed E-state index contributed by atoms with van der Waals surface area (Å²) in [5.41, 5.74) is 13.7. The standard InChI is InChI=1S/C60H42N2O/c1-3-13-41(14-4-1)44-25-31-49(32-26-44)61(56-24-12-20-46-18-9-10-22-53(46)56)52-36-38-58-55(40-52)54-23-11-21-47-30-37-57(60(63-58)59(47)54)62(51-35-29-43-17-7-8-19-48(43)39-51)50-33-27-45(28-34-50)42-15-5-2-6-16-42/h1-40,53,56H/t53?,56-/m1/s1. The topological polar surface area (TPSA) is 15.7 Å². The van der Waals surface area contributed by atoms with E-state index in [1.807, 2.05) is 0 Å². The third kappa shape index (κ3) is 6.54. The van der Waals surface area contributed by atoms with E-state index in [0.29, 0.717) is 0 Å². The van der Waals surface area contributed by atoms with Crippen LogP contribution >= 0.6 is 0 Å². The normalized spacial score (nSPS) is 15.7. The molecular formula is C60H42N2O. The minimum Gasteiger partial charge on any atom is -0.454 e. The number of fused-ring (bicyclic) bond motifs is 4. The molecule has 12 rings (SSSR count). The molecule has 0 spiro atoms. The highest BCUT2D eigenvalue weighted by atomic mass is 16.5. The minimum atomic E-state index is 0.0646. The van der Waals surface area contributed by atoms with Gasteiger partial charge in [0.1, 0.15) is 5.75 Å². The van der Waals surface area contributed by atoms with Gasteiger partial charge in [-0.1, -0.05) is 182 Å². The van der Waals surface area contributed by atoms with Crippen LogP contribution in [0.5, 0.6) is 11.5 Å². The average molecular weight is 807 g/mol. The molecule has 0 bridgehead atoms. The van der Waals surface area contributed by atoms with Gasteiger partial charge in [-0.2, -0.15) is 0 Å². The monoisotopic (exact) mass is 806 g/mol. The molecule has 3 nitrogen and oxygen atoms in total. The molecule has 1 unspecified atom stereocenters. The minimum absolute atomic E-state index is 0.0646. The van der Waals surface area contributed by atoms with E-state index in [9.17, 15) is 0 Å². The molecule has 1 aliphatic heterocycles. The van der Waals surface area contributed by atoms with E-state index < -0.39 is 0 Å². The molecule has 0 N–H and O–H groups in total. The Kier molecular flexibility index (Phi) is 8.97. The molecule has 298 valence electrons. The van der Waals surface area contributed by atoms with Gasteiger partial charge < -0.3 is 14.5 Å². The second-order valence-corrected chi connectivity index (χ2v) is 16.5. The van der Waals surface area contributed by atoms with Crippen molar-refractivity contribution in [3.05, 3.63) is 248 Å². The third-order valence-electron chi connectivity index (χ3n) is 12.8. The molecule has 1 heterocycles. The SMILES string of the molecule is C1=CC2=CC=C[C@@H](N(c3ccc(-c4ccccc4)cc3)c3ccc4c(c3)-c3cccc5ccc(N(c6ccc(-c7ccccc7)cc6)c6ccc7ccccc7c6)c(c35)O4)C2C=C1. The summed E-state index contributed by atoms with van der Waals surface area (Å²) in [5.74, 6) is 1.89. The van der Waals surface area contributed by atoms with Crippen molar-refractivity contribution in [2.45, 2.75) is 6.04 Å². The van der Waals surface area contributed by atoms with Gasteiger partial charge in [0.25, 0.3) is 0 Å². The van der Waals surface area contributed by atoms with E-state index in [-0.39, 0.29) is 12.0 Å². The molecule has 3 heteroatoms. The van der Waals surface area contributed by atoms with Crippen LogP contribution in [0.3, 0.4) is 0 Å². The predicted octanol–water partition coefficient (Wildman–Crippen LogP) is 16.3. The Labute approximate surface area is 368 Å². The van der Waals surface area contributed by atoms with Crippen molar-refractivity contribution in [2.75, 3.05) is 9.80 Å². The molecule has 0 saturated carbocycles. The summed E-state index contributed by atoms with van der Waals surface area (Å²) in [7, 11) is 0. The van der Waals surface area contributed by atoms with Gasteiger partial charge in [-0.3, -0.25) is 0 Å². The van der Waals surface area contributed by atoms with Crippen molar-refractivity contribution >= 4 is 50.0 Å². The van der Waals surface area contributed by atoms with Gasteiger partial charge in [-0.05, 0) is 110 Å². The quantitative estimate of drug-likeness (QED) is 0.152. The summed E-state index contributed by atoms with van der Waals surface area (Å²) < 4.78 is 7.22. The van der Waals surface area contributed by atoms with E-state index in [2.05, 4.69) is 253 Å². The molecule has 2 atom stereocenters. The fourth-order valence-electron chi connectivity index (χ4n) is 9.73. The Balaban J connectivity index is 1.000. The highest BCUT2D eigenvalue weighted by Crippen LogP contribution is 2.54. The lowest BCUT2D eigenvalue weighted by molar-refractivity contribution is 0.488. The third-order valence-corrected chi connectivity index (χ3v) is 12.8. The van der Waals surface area contributed by atoms with Crippen LogP contribution in [0.2, 0.25) is 0 Å². The highest BCUT2D eigenvalue weighted by Gasteiger charge is 2.32. The smallest absolute Gasteiger partial charge is 0.159 e. The van der Waals surface area contributed by atoms with Crippen LogP contribution in [0.4, 0.5) is 28.4 Å². The van der Waals surface area contributed by atoms with E-state index in [0.717, 1.165) is 61.8 Å². The lowest BCUT2D eigenvalue weighted by atomic mass is 9.83. The summed E-state index contributed by atoms with van der Waals surface area (Å²) in [6.07, 6.45) is 15.7. The zero-order valence-corrected chi connectivity index (χ0v) is 34.6. The van der Waals surface area contributed by atoms with Gasteiger partial charge in [-0.15, -0.1) is 0 Å². The lowest BCUT2D eigenvalue weighted by Crippen LogP contribution is -2.37. The Morgan fingerprint density at radius 1 is 0.413 bits per heavy atom. The lowest BCUT2D eigenvalue weighted by Gasteiger charge is -2.39. The highest BCUT2D eigenvalue weighted by molar-refractivity contribution is 6.09. The molecule has 9 aromatic carbocycles. The van der Waals surface area contributed by atoms with Crippen LogP contribution in [0.15, 0.2) is 248 Å². The molecule has 0 amide bonds. The first-order chi connectivity index (χ1) is 31.2. The maximum Gasteiger partial charge on any atom is 0.159 e. The van der Waals surface area contributed by atoms with Gasteiger partial charge in [0, 0.05) is 39.6 Å². The van der Waals surface area contributed by atoms with Crippen LogP contribution in [0.1, 0.15) is 0 Å². The molecule has 0 aromatic heterocycles. The van der Waals surface area contributed by atoms with Crippen molar-refractivity contribution in [3.8, 4) is 44.9 Å². The Hall–Kier alpha value is -8.14. The zero-order chi connectivity index (χ0) is 41.7. The molecule has 3 aliphatic rings. The van der Waals surface area contributed by atoms with Gasteiger partial charge >= 0.3 is 0 Å². The fraction of sp³-hybridized carbons (Fsp3) is 0.0333. The van der Waals surface area contributed by atoms with Crippen molar-refractivity contribution in [1.82, 2.24) is 0 Å². The molecule has 0 fully saturated rings. The van der Waals surface area contributed by atoms with Crippen LogP contribution in [-0.4, -0.2) is 6.04 Å². The van der Waals surface area contributed by atoms with Crippen molar-refractivity contribution in [3.63, 3.8) is 0 Å². The van der Waals surface area contributed by atoms with Gasteiger partial charge in [0.15, 0.2) is 5.75 Å². The summed E-state index contributed by atoms with van der Waals surface area (Å²) in [4.78, 5) is 4.85. The van der Waals surface area contributed by atoms with E-state index >= 15 is 0 Å². The molecule has 9 aromatic rings. The molecular weight excluding hydrogens is 765 g/mol. The van der Waals surface area contributed by atoms with Crippen molar-refractivity contribution < 1.29 is 4.74 Å². The number of rotatable bonds is 8. The van der Waals surface area contributed by atoms with Gasteiger partial charge in [0.2, 0.25) is 0 Å². The predicted molar refractivity (Wildman–Crippen MR) is 264 cm³/mol. The maximum atomic E-state index is 7.22. The average Bonchev–Trinajstić information content (AvgIpc) is 3.36. The van der Waals surface area contributed by atoms with E-state index in [4.69, 9.17) is 4.74 Å². The summed E-state index contributed by atoms with van der Waals surface area (Å²) >= 11 is 0. The number of hydrogen-bond donors (Lipinski definition) is 0. The number of allylic oxidation sites excluding steroid dienone is 5. The van der Waals surface area contributed by atoms with E-state index in [1.165, 1.54) is 38.6 Å². The number of hydrogen-bond acceptors (Lipinski definition) is 3. The van der Waals surface area contributed by atoms with Crippen molar-refractivity contribution in [1.29, 1.82) is 0 Å². The first-order valence-corrected chi connectivity index (χ1v) is 21.7. The molecule has 0 saturated heterocycles. The number of nitrogens with zero attached hydrogens (tertiary/aromatic N) is 2. The largest absolute Gasteiger partial charge is 0.454 e. The van der Waals surface area contributed by atoms with E-state index in [1.54, 1.807) is 0 Å². The maximum absolute atomic E-state index is 7.22. The second-order valence-electron chi connectivity index (χ2n) is 16.5. The summed E-state index contributed by atoms with van der Waals surface area (Å²) in [5, 5.41) is 4.63. The van der Waals surface area contributed by atoms with Crippen molar-refractivity contribution in [2.24, 2.45) is 5.92 Å². The Morgan fingerprint density at radius 3 is 1.81 bits per heavy atom.